The summed E-state index contributed by atoms with van der Waals surface area (Å²) in [5.41, 5.74) is 4.42. The highest BCUT2D eigenvalue weighted by atomic mass is 16.1. The normalized spacial score (nSPS) is 9.00. The van der Waals surface area contributed by atoms with Gasteiger partial charge in [0.2, 0.25) is 0 Å². The molecule has 0 aliphatic heterocycles. The topological polar surface area (TPSA) is 130 Å². The van der Waals surface area contributed by atoms with E-state index in [-0.39, 0.29) is 5.69 Å². The summed E-state index contributed by atoms with van der Waals surface area (Å²) in [5, 5.41) is 2.77. The van der Waals surface area contributed by atoms with Crippen LogP contribution in [0.3, 0.4) is 0 Å². The van der Waals surface area contributed by atoms with Gasteiger partial charge in [-0.2, -0.15) is 0 Å². The number of nitrogens with zero attached hydrogens (tertiary/aromatic N) is 2. The monoisotopic (exact) mass is 236 g/mol. The minimum Gasteiger partial charge on any atom is -0.385 e. The van der Waals surface area contributed by atoms with Gasteiger partial charge >= 0.3 is 11.4 Å². The van der Waals surface area contributed by atoms with E-state index in [1.54, 1.807) is 13.1 Å². The number of anilines is 2. The fraction of sp³-hybridized carbons (Fsp3) is 0.111. The molecule has 0 aliphatic rings. The molecule has 0 amide bonds. The van der Waals surface area contributed by atoms with E-state index in [1.807, 2.05) is 0 Å². The quantitative estimate of drug-likeness (QED) is 0.511. The number of nitrogens with one attached hydrogen (secondary N) is 3. The van der Waals surface area contributed by atoms with E-state index in [4.69, 9.17) is 5.73 Å². The first-order valence-electron chi connectivity index (χ1n) is 4.65. The van der Waals surface area contributed by atoms with Crippen molar-refractivity contribution in [3.05, 3.63) is 45.5 Å². The third kappa shape index (κ3) is 4.60. The van der Waals surface area contributed by atoms with Crippen molar-refractivity contribution in [1.82, 2.24) is 19.9 Å². The van der Waals surface area contributed by atoms with Crippen molar-refractivity contribution in [3.8, 4) is 0 Å². The summed E-state index contributed by atoms with van der Waals surface area (Å²) in [4.78, 5) is 32.2. The Bertz CT molecular complexity index is 576. The summed E-state index contributed by atoms with van der Waals surface area (Å²) in [7, 11) is 1.73. The van der Waals surface area contributed by atoms with Crippen molar-refractivity contribution < 1.29 is 0 Å². The van der Waals surface area contributed by atoms with Gasteiger partial charge in [-0.05, 0) is 12.1 Å². The van der Waals surface area contributed by atoms with Crippen LogP contribution in [0.2, 0.25) is 0 Å². The molecular formula is C9H12N6O2. The van der Waals surface area contributed by atoms with Gasteiger partial charge in [-0.15, -0.1) is 0 Å². The van der Waals surface area contributed by atoms with Gasteiger partial charge in [-0.3, -0.25) is 9.97 Å². The molecule has 0 unspecified atom stereocenters. The van der Waals surface area contributed by atoms with Crippen LogP contribution in [-0.4, -0.2) is 27.0 Å². The zero-order valence-electron chi connectivity index (χ0n) is 9.10. The Kier molecular flexibility index (Phi) is 4.43. The lowest BCUT2D eigenvalue weighted by molar-refractivity contribution is 1.07. The Morgan fingerprint density at radius 3 is 2.06 bits per heavy atom. The number of aromatic amines is 2. The molecule has 0 saturated carbocycles. The van der Waals surface area contributed by atoms with Gasteiger partial charge in [0.25, 0.3) is 0 Å². The summed E-state index contributed by atoms with van der Waals surface area (Å²) >= 11 is 0. The third-order valence-corrected chi connectivity index (χ3v) is 1.64. The Morgan fingerprint density at radius 1 is 1.12 bits per heavy atom. The highest BCUT2D eigenvalue weighted by Crippen LogP contribution is 1.90. The van der Waals surface area contributed by atoms with Crippen LogP contribution >= 0.6 is 0 Å². The highest BCUT2D eigenvalue weighted by molar-refractivity contribution is 5.29. The standard InChI is InChI=1S/C5H7N3O.C4H5N3O/c1-6-4-2-3-7-5(9)8-4;5-3-1-2-6-4(8)7-3/h2-3H,1H3,(H2,6,7,8,9);1-2H,(H3,5,6,7,8). The van der Waals surface area contributed by atoms with Gasteiger partial charge in [0.05, 0.1) is 0 Å². The first-order chi connectivity index (χ1) is 8.11. The number of nitrogens with two attached hydrogens (primary N) is 1. The predicted molar refractivity (Wildman–Crippen MR) is 63.7 cm³/mol. The van der Waals surface area contributed by atoms with Crippen LogP contribution in [0.1, 0.15) is 0 Å². The van der Waals surface area contributed by atoms with E-state index >= 15 is 0 Å². The number of H-pyrrole nitrogens is 2. The molecule has 0 radical (unpaired) electrons. The molecule has 17 heavy (non-hydrogen) atoms. The van der Waals surface area contributed by atoms with E-state index in [0.717, 1.165) is 0 Å². The van der Waals surface area contributed by atoms with Gasteiger partial charge in [-0.1, -0.05) is 0 Å². The molecule has 2 aromatic heterocycles. The second-order valence-electron chi connectivity index (χ2n) is 2.87. The molecule has 0 aromatic carbocycles. The predicted octanol–water partition coefficient (Wildman–Crippen LogP) is -0.836. The van der Waals surface area contributed by atoms with E-state index in [9.17, 15) is 9.59 Å². The van der Waals surface area contributed by atoms with Crippen LogP contribution in [0.4, 0.5) is 11.6 Å². The molecule has 0 spiro atoms. The van der Waals surface area contributed by atoms with Crippen molar-refractivity contribution in [2.45, 2.75) is 0 Å². The van der Waals surface area contributed by atoms with Gasteiger partial charge < -0.3 is 11.1 Å². The first-order valence-corrected chi connectivity index (χ1v) is 4.65. The molecule has 8 heteroatoms. The largest absolute Gasteiger partial charge is 0.385 e. The number of aromatic nitrogens is 4. The van der Waals surface area contributed by atoms with E-state index < -0.39 is 5.69 Å². The SMILES string of the molecule is CNc1ccnc(=O)[nH]1.Nc1ccnc(=O)[nH]1. The van der Waals surface area contributed by atoms with Crippen molar-refractivity contribution >= 4 is 11.6 Å². The van der Waals surface area contributed by atoms with Crippen LogP contribution in [0, 0.1) is 0 Å². The summed E-state index contributed by atoms with van der Waals surface area (Å²) in [6.45, 7) is 0. The molecule has 0 aliphatic carbocycles. The Balaban J connectivity index is 0.000000171. The summed E-state index contributed by atoms with van der Waals surface area (Å²) in [6.07, 6.45) is 2.80. The van der Waals surface area contributed by atoms with Gasteiger partial charge in [0, 0.05) is 19.4 Å². The molecule has 2 heterocycles. The van der Waals surface area contributed by atoms with Gasteiger partial charge in [0.1, 0.15) is 11.6 Å². The smallest absolute Gasteiger partial charge is 0.346 e. The second-order valence-corrected chi connectivity index (χ2v) is 2.87. The van der Waals surface area contributed by atoms with Crippen LogP contribution < -0.4 is 22.4 Å². The van der Waals surface area contributed by atoms with Crippen molar-refractivity contribution in [1.29, 1.82) is 0 Å². The highest BCUT2D eigenvalue weighted by Gasteiger charge is 1.85. The number of hydrogen-bond donors (Lipinski definition) is 4. The molecule has 5 N–H and O–H groups in total. The van der Waals surface area contributed by atoms with Crippen LogP contribution in [-0.2, 0) is 0 Å². The molecule has 2 rings (SSSR count). The summed E-state index contributed by atoms with van der Waals surface area (Å²) < 4.78 is 0. The second kappa shape index (κ2) is 6.05. The summed E-state index contributed by atoms with van der Waals surface area (Å²) in [5.74, 6) is 1.01. The van der Waals surface area contributed by atoms with Gasteiger partial charge in [-0.25, -0.2) is 19.6 Å². The first kappa shape index (κ1) is 12.4. The molecule has 0 saturated heterocycles. The van der Waals surface area contributed by atoms with Crippen LogP contribution in [0.25, 0.3) is 0 Å². The molecule has 0 fully saturated rings. The van der Waals surface area contributed by atoms with Crippen molar-refractivity contribution in [2.75, 3.05) is 18.1 Å². The maximum absolute atomic E-state index is 10.4. The fourth-order valence-electron chi connectivity index (χ4n) is 0.897. The minimum absolute atomic E-state index is 0.332. The van der Waals surface area contributed by atoms with Crippen LogP contribution in [0.5, 0.6) is 0 Å². The summed E-state index contributed by atoms with van der Waals surface area (Å²) in [6, 6.07) is 3.20. The molecule has 2 aromatic rings. The zero-order chi connectivity index (χ0) is 12.7. The van der Waals surface area contributed by atoms with E-state index in [0.29, 0.717) is 11.6 Å². The van der Waals surface area contributed by atoms with E-state index in [2.05, 4.69) is 25.3 Å². The fourth-order valence-corrected chi connectivity index (χ4v) is 0.897. The molecule has 0 bridgehead atoms. The molecule has 90 valence electrons. The lowest BCUT2D eigenvalue weighted by atomic mass is 10.6. The third-order valence-electron chi connectivity index (χ3n) is 1.64. The Morgan fingerprint density at radius 2 is 1.71 bits per heavy atom. The van der Waals surface area contributed by atoms with Gasteiger partial charge in [0.15, 0.2) is 0 Å². The number of hydrogen-bond acceptors (Lipinski definition) is 6. The minimum atomic E-state index is -0.412. The van der Waals surface area contributed by atoms with Crippen LogP contribution in [0.15, 0.2) is 34.1 Å². The lowest BCUT2D eigenvalue weighted by Gasteiger charge is -1.94. The molecular weight excluding hydrogens is 224 g/mol. The van der Waals surface area contributed by atoms with Crippen molar-refractivity contribution in [2.24, 2.45) is 0 Å². The number of rotatable bonds is 1. The maximum Gasteiger partial charge on any atom is 0.346 e. The maximum atomic E-state index is 10.4. The lowest BCUT2D eigenvalue weighted by Crippen LogP contribution is -2.10. The Labute approximate surface area is 96.0 Å². The molecule has 8 nitrogen and oxygen atoms in total. The molecule has 0 atom stereocenters. The number of nitrogen functional groups attached to an aromatic ring is 1. The average molecular weight is 236 g/mol. The van der Waals surface area contributed by atoms with E-state index in [1.165, 1.54) is 18.5 Å². The average Bonchev–Trinajstić information content (AvgIpc) is 2.29. The Hall–Kier alpha value is -2.64. The zero-order valence-corrected chi connectivity index (χ0v) is 9.10. The van der Waals surface area contributed by atoms with Crippen molar-refractivity contribution in [3.63, 3.8) is 0 Å².